The average Bonchev–Trinajstić information content (AvgIpc) is 2.69. The number of H-pyrrole nitrogens is 1. The van der Waals surface area contributed by atoms with E-state index in [2.05, 4.69) is 20.3 Å². The van der Waals surface area contributed by atoms with Crippen molar-refractivity contribution in [1.82, 2.24) is 15.0 Å². The van der Waals surface area contributed by atoms with Gasteiger partial charge in [-0.15, -0.1) is 0 Å². The highest BCUT2D eigenvalue weighted by Crippen LogP contribution is 2.15. The van der Waals surface area contributed by atoms with Gasteiger partial charge in [-0.3, -0.25) is 4.98 Å². The lowest BCUT2D eigenvalue weighted by Gasteiger charge is -2.05. The van der Waals surface area contributed by atoms with Crippen LogP contribution in [0.1, 0.15) is 5.82 Å². The maximum absolute atomic E-state index is 5.73. The van der Waals surface area contributed by atoms with Gasteiger partial charge in [0, 0.05) is 18.6 Å². The van der Waals surface area contributed by atoms with Crippen LogP contribution < -0.4 is 11.1 Å². The smallest absolute Gasteiger partial charge is 0.125 e. The van der Waals surface area contributed by atoms with E-state index in [4.69, 9.17) is 5.73 Å². The van der Waals surface area contributed by atoms with Gasteiger partial charge >= 0.3 is 0 Å². The summed E-state index contributed by atoms with van der Waals surface area (Å²) in [5.74, 6) is 0.869. The standard InChI is InChI=1S/C9H11N5/c10-7-1-2-11-5-8(7)14-6-9-12-3-4-13-9/h1-5,14H,6H2,(H2,10,11)(H,12,13). The zero-order chi connectivity index (χ0) is 9.80. The molecule has 0 aliphatic carbocycles. The van der Waals surface area contributed by atoms with Crippen LogP contribution >= 0.6 is 0 Å². The number of nitrogen functional groups attached to an aromatic ring is 1. The third-order valence-corrected chi connectivity index (χ3v) is 1.86. The van der Waals surface area contributed by atoms with E-state index >= 15 is 0 Å². The predicted molar refractivity (Wildman–Crippen MR) is 54.6 cm³/mol. The summed E-state index contributed by atoms with van der Waals surface area (Å²) in [5, 5.41) is 3.13. The molecule has 0 spiro atoms. The first-order valence-electron chi connectivity index (χ1n) is 4.28. The Hall–Kier alpha value is -2.04. The fraction of sp³-hybridized carbons (Fsp3) is 0.111. The second-order valence-corrected chi connectivity index (χ2v) is 2.85. The van der Waals surface area contributed by atoms with E-state index in [0.29, 0.717) is 12.2 Å². The quantitative estimate of drug-likeness (QED) is 0.673. The number of aromatic amines is 1. The molecule has 0 radical (unpaired) electrons. The van der Waals surface area contributed by atoms with Crippen LogP contribution in [0.15, 0.2) is 30.9 Å². The van der Waals surface area contributed by atoms with Gasteiger partial charge in [0.2, 0.25) is 0 Å². The molecule has 0 unspecified atom stereocenters. The highest BCUT2D eigenvalue weighted by Gasteiger charge is 1.98. The maximum Gasteiger partial charge on any atom is 0.125 e. The molecule has 5 heteroatoms. The van der Waals surface area contributed by atoms with Crippen LogP contribution in [0.3, 0.4) is 0 Å². The summed E-state index contributed by atoms with van der Waals surface area (Å²) in [7, 11) is 0. The Bertz CT molecular complexity index is 395. The summed E-state index contributed by atoms with van der Waals surface area (Å²) in [4.78, 5) is 11.0. The number of aromatic nitrogens is 3. The summed E-state index contributed by atoms with van der Waals surface area (Å²) in [6, 6.07) is 1.75. The number of nitrogens with two attached hydrogens (primary N) is 1. The molecule has 0 aromatic carbocycles. The Morgan fingerprint density at radius 3 is 3.07 bits per heavy atom. The molecule has 0 saturated heterocycles. The van der Waals surface area contributed by atoms with E-state index in [0.717, 1.165) is 11.5 Å². The van der Waals surface area contributed by atoms with Crippen LogP contribution in [0.4, 0.5) is 11.4 Å². The van der Waals surface area contributed by atoms with Crippen molar-refractivity contribution in [2.75, 3.05) is 11.1 Å². The first kappa shape index (κ1) is 8.55. The van der Waals surface area contributed by atoms with Crippen LogP contribution in [0.25, 0.3) is 0 Å². The van der Waals surface area contributed by atoms with Crippen LogP contribution in [0, 0.1) is 0 Å². The molecule has 0 amide bonds. The lowest BCUT2D eigenvalue weighted by atomic mass is 10.3. The molecule has 2 aromatic heterocycles. The van der Waals surface area contributed by atoms with Crippen molar-refractivity contribution in [1.29, 1.82) is 0 Å². The van der Waals surface area contributed by atoms with Gasteiger partial charge in [0.05, 0.1) is 24.1 Å². The van der Waals surface area contributed by atoms with Crippen molar-refractivity contribution >= 4 is 11.4 Å². The number of pyridine rings is 1. The predicted octanol–water partition coefficient (Wildman–Crippen LogP) is 0.999. The second kappa shape index (κ2) is 3.78. The molecule has 0 fully saturated rings. The normalized spacial score (nSPS) is 10.0. The van der Waals surface area contributed by atoms with Gasteiger partial charge in [0.15, 0.2) is 0 Å². The number of imidazole rings is 1. The Balaban J connectivity index is 2.02. The minimum absolute atomic E-state index is 0.614. The molecule has 0 aliphatic heterocycles. The van der Waals surface area contributed by atoms with Crippen LogP contribution in [0.5, 0.6) is 0 Å². The van der Waals surface area contributed by atoms with Gasteiger partial charge < -0.3 is 16.0 Å². The molecule has 14 heavy (non-hydrogen) atoms. The van der Waals surface area contributed by atoms with Crippen molar-refractivity contribution in [3.05, 3.63) is 36.7 Å². The number of nitrogens with zero attached hydrogens (tertiary/aromatic N) is 2. The molecule has 2 aromatic rings. The highest BCUT2D eigenvalue weighted by molar-refractivity contribution is 5.63. The fourth-order valence-electron chi connectivity index (χ4n) is 1.13. The van der Waals surface area contributed by atoms with Gasteiger partial charge in [-0.25, -0.2) is 4.98 Å². The van der Waals surface area contributed by atoms with Crippen LogP contribution in [-0.2, 0) is 6.54 Å². The SMILES string of the molecule is Nc1ccncc1NCc1ncc[nH]1. The Labute approximate surface area is 81.4 Å². The monoisotopic (exact) mass is 189 g/mol. The third kappa shape index (κ3) is 1.82. The molecular weight excluding hydrogens is 178 g/mol. The van der Waals surface area contributed by atoms with E-state index < -0.39 is 0 Å². The first-order valence-corrected chi connectivity index (χ1v) is 4.28. The van der Waals surface area contributed by atoms with Gasteiger partial charge in [-0.05, 0) is 6.07 Å². The first-order chi connectivity index (χ1) is 6.86. The van der Waals surface area contributed by atoms with Crippen molar-refractivity contribution in [2.45, 2.75) is 6.54 Å². The largest absolute Gasteiger partial charge is 0.397 e. The van der Waals surface area contributed by atoms with Gasteiger partial charge in [0.1, 0.15) is 5.82 Å². The zero-order valence-electron chi connectivity index (χ0n) is 7.57. The minimum Gasteiger partial charge on any atom is -0.397 e. The van der Waals surface area contributed by atoms with Gasteiger partial charge in [-0.2, -0.15) is 0 Å². The molecule has 2 heterocycles. The zero-order valence-corrected chi connectivity index (χ0v) is 7.57. The second-order valence-electron chi connectivity index (χ2n) is 2.85. The van der Waals surface area contributed by atoms with E-state index in [9.17, 15) is 0 Å². The number of anilines is 2. The summed E-state index contributed by atoms with van der Waals surface area (Å²) in [6.07, 6.45) is 6.85. The molecule has 0 aliphatic rings. The minimum atomic E-state index is 0.614. The average molecular weight is 189 g/mol. The van der Waals surface area contributed by atoms with E-state index in [1.807, 2.05) is 0 Å². The molecule has 0 saturated carbocycles. The molecule has 4 N–H and O–H groups in total. The van der Waals surface area contributed by atoms with Crippen LogP contribution in [-0.4, -0.2) is 15.0 Å². The Kier molecular flexibility index (Phi) is 2.31. The van der Waals surface area contributed by atoms with Crippen molar-refractivity contribution < 1.29 is 0 Å². The Morgan fingerprint density at radius 1 is 1.43 bits per heavy atom. The molecule has 2 rings (SSSR count). The number of nitrogens with one attached hydrogen (secondary N) is 2. The van der Waals surface area contributed by atoms with E-state index in [-0.39, 0.29) is 0 Å². The molecule has 0 atom stereocenters. The summed E-state index contributed by atoms with van der Waals surface area (Å²) >= 11 is 0. The number of hydrogen-bond acceptors (Lipinski definition) is 4. The van der Waals surface area contributed by atoms with E-state index in [1.54, 1.807) is 30.9 Å². The van der Waals surface area contributed by atoms with Crippen LogP contribution in [0.2, 0.25) is 0 Å². The number of rotatable bonds is 3. The summed E-state index contributed by atoms with van der Waals surface area (Å²) in [6.45, 7) is 0.614. The van der Waals surface area contributed by atoms with Gasteiger partial charge in [-0.1, -0.05) is 0 Å². The Morgan fingerprint density at radius 2 is 2.36 bits per heavy atom. The molecule has 72 valence electrons. The lowest BCUT2D eigenvalue weighted by molar-refractivity contribution is 0.998. The molecular formula is C9H11N5. The van der Waals surface area contributed by atoms with Gasteiger partial charge in [0.25, 0.3) is 0 Å². The summed E-state index contributed by atoms with van der Waals surface area (Å²) in [5.41, 5.74) is 7.24. The maximum atomic E-state index is 5.73. The lowest BCUT2D eigenvalue weighted by Crippen LogP contribution is -2.03. The topological polar surface area (TPSA) is 79.6 Å². The van der Waals surface area contributed by atoms with E-state index in [1.165, 1.54) is 0 Å². The van der Waals surface area contributed by atoms with Crippen molar-refractivity contribution in [3.63, 3.8) is 0 Å². The molecule has 5 nitrogen and oxygen atoms in total. The van der Waals surface area contributed by atoms with Crippen molar-refractivity contribution in [2.24, 2.45) is 0 Å². The third-order valence-electron chi connectivity index (χ3n) is 1.86. The summed E-state index contributed by atoms with van der Waals surface area (Å²) < 4.78 is 0. The fourth-order valence-corrected chi connectivity index (χ4v) is 1.13. The van der Waals surface area contributed by atoms with Crippen molar-refractivity contribution in [3.8, 4) is 0 Å². The molecule has 0 bridgehead atoms. The number of hydrogen-bond donors (Lipinski definition) is 3. The highest BCUT2D eigenvalue weighted by atomic mass is 15.0.